The summed E-state index contributed by atoms with van der Waals surface area (Å²) in [4.78, 5) is 21.5. The Kier molecular flexibility index (Phi) is 7.06. The van der Waals surface area contributed by atoms with Gasteiger partial charge >= 0.3 is 0 Å². The number of piperazine rings is 1. The van der Waals surface area contributed by atoms with Gasteiger partial charge in [-0.1, -0.05) is 19.1 Å². The number of nitrogens with zero attached hydrogens (tertiary/aromatic N) is 3. The van der Waals surface area contributed by atoms with Crippen LogP contribution >= 0.6 is 0 Å². The number of aliphatic imine (C=N–C) groups is 1. The van der Waals surface area contributed by atoms with Crippen molar-refractivity contribution in [1.82, 2.24) is 25.8 Å². The fraction of sp³-hybridized carbons (Fsp3) is 0.636. The van der Waals surface area contributed by atoms with E-state index in [1.54, 1.807) is 0 Å². The molecular weight excluding hydrogens is 394 g/mol. The van der Waals surface area contributed by atoms with E-state index in [2.05, 4.69) is 56.0 Å². The molecule has 1 aliphatic carbocycles. The maximum atomic E-state index is 12.1. The van der Waals surface area contributed by atoms with Gasteiger partial charge in [-0.3, -0.25) is 9.69 Å². The molecule has 9 nitrogen and oxygen atoms in total. The van der Waals surface area contributed by atoms with Crippen LogP contribution in [-0.2, 0) is 9.53 Å². The van der Waals surface area contributed by atoms with E-state index in [9.17, 15) is 4.79 Å². The first-order chi connectivity index (χ1) is 15.0. The lowest BCUT2D eigenvalue weighted by atomic mass is 10.0. The van der Waals surface area contributed by atoms with Crippen LogP contribution in [0.5, 0.6) is 0 Å². The van der Waals surface area contributed by atoms with Crippen LogP contribution in [-0.4, -0.2) is 86.1 Å². The third-order valence-electron chi connectivity index (χ3n) is 6.36. The summed E-state index contributed by atoms with van der Waals surface area (Å²) in [6.45, 7) is 8.17. The summed E-state index contributed by atoms with van der Waals surface area (Å²) in [5.41, 5.74) is 7.58. The third kappa shape index (κ3) is 5.35. The average molecular weight is 430 g/mol. The highest BCUT2D eigenvalue weighted by molar-refractivity contribution is 5.99. The standard InChI is InChI=1S/C22H35N7O2/c1-3-18-22(31-17-8-9-24-14-17)27-21(19(26-18)20(23)30)25-15-4-6-16(7-5-15)29-12-10-28(2)11-13-29/h4-6,16-17,22,24-25,27H,3,7-14H2,1-2H3,(H2,23,30)/t16?,17-,22?/m1/s1. The molecule has 0 bridgehead atoms. The quantitative estimate of drug-likeness (QED) is 0.446. The van der Waals surface area contributed by atoms with E-state index in [1.165, 1.54) is 0 Å². The van der Waals surface area contributed by atoms with Crippen molar-refractivity contribution in [3.8, 4) is 0 Å². The summed E-state index contributed by atoms with van der Waals surface area (Å²) < 4.78 is 6.23. The average Bonchev–Trinajstić information content (AvgIpc) is 3.28. The highest BCUT2D eigenvalue weighted by Gasteiger charge is 2.30. The smallest absolute Gasteiger partial charge is 0.271 e. The lowest BCUT2D eigenvalue weighted by Crippen LogP contribution is -2.49. The monoisotopic (exact) mass is 429 g/mol. The molecule has 4 rings (SSSR count). The number of ether oxygens (including phenoxy) is 1. The summed E-state index contributed by atoms with van der Waals surface area (Å²) in [6, 6.07) is 0.416. The van der Waals surface area contributed by atoms with Crippen LogP contribution in [0.1, 0.15) is 26.2 Å². The minimum Gasteiger partial charge on any atom is -0.364 e. The van der Waals surface area contributed by atoms with Crippen LogP contribution in [0.4, 0.5) is 0 Å². The number of primary amides is 1. The maximum absolute atomic E-state index is 12.1. The number of carbonyl (C=O) groups is 1. The van der Waals surface area contributed by atoms with Gasteiger partial charge in [0.05, 0.1) is 11.8 Å². The zero-order valence-electron chi connectivity index (χ0n) is 18.6. The van der Waals surface area contributed by atoms with Crippen molar-refractivity contribution >= 4 is 11.6 Å². The van der Waals surface area contributed by atoms with Gasteiger partial charge in [-0.15, -0.1) is 0 Å². The Bertz CT molecular complexity index is 790. The molecule has 5 N–H and O–H groups in total. The van der Waals surface area contributed by atoms with Crippen LogP contribution in [0.2, 0.25) is 0 Å². The van der Waals surface area contributed by atoms with E-state index < -0.39 is 5.91 Å². The Labute approximate surface area is 184 Å². The number of nitrogens with one attached hydrogen (secondary N) is 3. The highest BCUT2D eigenvalue weighted by atomic mass is 16.5. The van der Waals surface area contributed by atoms with Gasteiger partial charge in [-0.05, 0) is 38.9 Å². The lowest BCUT2D eigenvalue weighted by Gasteiger charge is -2.37. The first-order valence-corrected chi connectivity index (χ1v) is 11.4. The van der Waals surface area contributed by atoms with Crippen molar-refractivity contribution in [2.45, 2.75) is 44.6 Å². The number of amides is 1. The van der Waals surface area contributed by atoms with E-state index in [-0.39, 0.29) is 18.0 Å². The van der Waals surface area contributed by atoms with Gasteiger partial charge < -0.3 is 31.3 Å². The first kappa shape index (κ1) is 22.0. The molecule has 3 atom stereocenters. The molecule has 2 saturated heterocycles. The topological polar surface area (TPSA) is 107 Å². The summed E-state index contributed by atoms with van der Waals surface area (Å²) in [5, 5.41) is 9.98. The van der Waals surface area contributed by atoms with Gasteiger partial charge in [-0.25, -0.2) is 4.99 Å². The number of carbonyl (C=O) groups excluding carboxylic acids is 1. The minimum atomic E-state index is -0.558. The van der Waals surface area contributed by atoms with Crippen LogP contribution in [0.25, 0.3) is 0 Å². The molecule has 31 heavy (non-hydrogen) atoms. The lowest BCUT2D eigenvalue weighted by molar-refractivity contribution is -0.114. The Morgan fingerprint density at radius 2 is 2.16 bits per heavy atom. The third-order valence-corrected chi connectivity index (χ3v) is 6.36. The van der Waals surface area contributed by atoms with Crippen molar-refractivity contribution in [3.05, 3.63) is 35.4 Å². The maximum Gasteiger partial charge on any atom is 0.271 e. The van der Waals surface area contributed by atoms with Crippen molar-refractivity contribution in [3.63, 3.8) is 0 Å². The predicted octanol–water partition coefficient (Wildman–Crippen LogP) is -0.151. The van der Waals surface area contributed by atoms with Crippen LogP contribution in [0.3, 0.4) is 0 Å². The summed E-state index contributed by atoms with van der Waals surface area (Å²) in [7, 11) is 2.17. The Morgan fingerprint density at radius 1 is 1.35 bits per heavy atom. The second kappa shape index (κ2) is 9.95. The fourth-order valence-electron chi connectivity index (χ4n) is 4.40. The Hall–Kier alpha value is -2.20. The van der Waals surface area contributed by atoms with Crippen LogP contribution < -0.4 is 21.7 Å². The number of rotatable bonds is 7. The fourth-order valence-corrected chi connectivity index (χ4v) is 4.40. The van der Waals surface area contributed by atoms with E-state index in [1.807, 2.05) is 6.92 Å². The molecule has 0 radical (unpaired) electrons. The molecule has 0 aromatic heterocycles. The number of hydrogen-bond acceptors (Lipinski definition) is 8. The molecule has 2 unspecified atom stereocenters. The highest BCUT2D eigenvalue weighted by Crippen LogP contribution is 2.20. The van der Waals surface area contributed by atoms with E-state index >= 15 is 0 Å². The van der Waals surface area contributed by atoms with Crippen molar-refractivity contribution in [1.29, 1.82) is 0 Å². The van der Waals surface area contributed by atoms with Crippen molar-refractivity contribution in [2.75, 3.05) is 46.3 Å². The molecule has 0 spiro atoms. The largest absolute Gasteiger partial charge is 0.364 e. The zero-order valence-corrected chi connectivity index (χ0v) is 18.6. The molecule has 0 aromatic carbocycles. The molecule has 4 aliphatic rings. The van der Waals surface area contributed by atoms with Gasteiger partial charge in [0.25, 0.3) is 5.91 Å². The molecule has 1 amide bonds. The molecule has 0 saturated carbocycles. The summed E-state index contributed by atoms with van der Waals surface area (Å²) >= 11 is 0. The van der Waals surface area contributed by atoms with Gasteiger partial charge in [-0.2, -0.15) is 0 Å². The molecular formula is C22H35N7O2. The number of allylic oxidation sites excluding steroid dienone is 1. The molecule has 9 heteroatoms. The molecule has 0 aromatic rings. The Morgan fingerprint density at radius 3 is 2.77 bits per heavy atom. The van der Waals surface area contributed by atoms with Gasteiger partial charge in [0, 0.05) is 44.5 Å². The van der Waals surface area contributed by atoms with Crippen LogP contribution in [0.15, 0.2) is 40.4 Å². The minimum absolute atomic E-state index is 0.128. The predicted molar refractivity (Wildman–Crippen MR) is 121 cm³/mol. The van der Waals surface area contributed by atoms with E-state index in [4.69, 9.17) is 10.5 Å². The normalized spacial score (nSPS) is 30.1. The second-order valence-corrected chi connectivity index (χ2v) is 8.61. The zero-order chi connectivity index (χ0) is 21.8. The summed E-state index contributed by atoms with van der Waals surface area (Å²) in [6.07, 6.45) is 8.82. The second-order valence-electron chi connectivity index (χ2n) is 8.61. The molecule has 2 fully saturated rings. The van der Waals surface area contributed by atoms with E-state index in [0.717, 1.165) is 63.5 Å². The summed E-state index contributed by atoms with van der Waals surface area (Å²) in [5.74, 6) is -0.0489. The SMILES string of the molecule is CCC1=NC(C(N)=O)=C(NC2=CCC(N3CCN(C)CC3)C=C2)NC1O[C@@H]1CCNC1. The Balaban J connectivity index is 1.43. The van der Waals surface area contributed by atoms with Crippen molar-refractivity contribution in [2.24, 2.45) is 10.7 Å². The molecule has 170 valence electrons. The van der Waals surface area contributed by atoms with Crippen molar-refractivity contribution < 1.29 is 9.53 Å². The first-order valence-electron chi connectivity index (χ1n) is 11.4. The van der Waals surface area contributed by atoms with E-state index in [0.29, 0.717) is 18.3 Å². The van der Waals surface area contributed by atoms with Gasteiger partial charge in [0.2, 0.25) is 0 Å². The number of likely N-dealkylation sites (N-methyl/N-ethyl adjacent to an activating group) is 1. The molecule has 3 aliphatic heterocycles. The van der Waals surface area contributed by atoms with Gasteiger partial charge in [0.15, 0.2) is 11.9 Å². The van der Waals surface area contributed by atoms with Crippen LogP contribution in [0, 0.1) is 0 Å². The molecule has 3 heterocycles. The number of nitrogens with two attached hydrogens (primary N) is 1. The number of hydrogen-bond donors (Lipinski definition) is 4. The van der Waals surface area contributed by atoms with Gasteiger partial charge in [0.1, 0.15) is 5.82 Å².